The molecule has 4 nitrogen and oxygen atoms in total. The summed E-state index contributed by atoms with van der Waals surface area (Å²) >= 11 is 0. The van der Waals surface area contributed by atoms with Gasteiger partial charge in [-0.3, -0.25) is 0 Å². The van der Waals surface area contributed by atoms with Crippen LogP contribution in [0.5, 0.6) is 0 Å². The average Bonchev–Trinajstić information content (AvgIpc) is 2.40. The lowest BCUT2D eigenvalue weighted by Crippen LogP contribution is -2.30. The topological polar surface area (TPSA) is 49.1 Å². The number of methoxy groups -OCH3 is 1. The maximum Gasteiger partial charge on any atom is 0.146 e. The predicted octanol–water partition coefficient (Wildman–Crippen LogP) is 1.74. The number of hydrogen-bond acceptors (Lipinski definition) is 4. The fourth-order valence-corrected chi connectivity index (χ4v) is 1.96. The van der Waals surface area contributed by atoms with Gasteiger partial charge in [0.05, 0.1) is 12.2 Å². The Kier molecular flexibility index (Phi) is 3.73. The smallest absolute Gasteiger partial charge is 0.146 e. The van der Waals surface area contributed by atoms with E-state index in [0.717, 1.165) is 25.3 Å². The molecule has 1 aromatic rings. The molecule has 0 aliphatic carbocycles. The quantitative estimate of drug-likeness (QED) is 0.741. The zero-order chi connectivity index (χ0) is 12.1. The summed E-state index contributed by atoms with van der Waals surface area (Å²) in [4.78, 5) is 6.41. The van der Waals surface area contributed by atoms with Crippen molar-refractivity contribution in [3.05, 3.63) is 35.5 Å². The second-order valence-electron chi connectivity index (χ2n) is 3.98. The van der Waals surface area contributed by atoms with Gasteiger partial charge in [-0.15, -0.1) is 0 Å². The minimum absolute atomic E-state index is 0.635. The highest BCUT2D eigenvalue weighted by Gasteiger charge is 2.15. The predicted molar refractivity (Wildman–Crippen MR) is 65.7 cm³/mol. The second-order valence-corrected chi connectivity index (χ2v) is 3.98. The standard InChI is InChI=1S/C13H15N3O/c1-17-10-11-4-7-16(8-5-11)13-12(9-14)3-2-6-15-13/h2-4,6H,5,7-8,10H2,1H3. The molecule has 4 heteroatoms. The van der Waals surface area contributed by atoms with Crippen LogP contribution in [0.15, 0.2) is 30.0 Å². The van der Waals surface area contributed by atoms with Crippen LogP contribution in [0.2, 0.25) is 0 Å². The van der Waals surface area contributed by atoms with E-state index in [1.165, 1.54) is 5.57 Å². The van der Waals surface area contributed by atoms with E-state index in [0.29, 0.717) is 12.2 Å². The Hall–Kier alpha value is -1.86. The van der Waals surface area contributed by atoms with Gasteiger partial charge in [0, 0.05) is 26.4 Å². The number of hydrogen-bond donors (Lipinski definition) is 0. The van der Waals surface area contributed by atoms with Crippen molar-refractivity contribution in [2.75, 3.05) is 31.7 Å². The van der Waals surface area contributed by atoms with Crippen molar-refractivity contribution in [2.24, 2.45) is 0 Å². The molecule has 0 atom stereocenters. The molecule has 0 radical (unpaired) electrons. The summed E-state index contributed by atoms with van der Waals surface area (Å²) in [5, 5.41) is 9.03. The van der Waals surface area contributed by atoms with Crippen LogP contribution in [0.25, 0.3) is 0 Å². The first-order valence-corrected chi connectivity index (χ1v) is 5.62. The normalized spacial score (nSPS) is 15.3. The largest absolute Gasteiger partial charge is 0.380 e. The van der Waals surface area contributed by atoms with Crippen molar-refractivity contribution in [1.29, 1.82) is 5.26 Å². The summed E-state index contributed by atoms with van der Waals surface area (Å²) in [6, 6.07) is 5.77. The number of rotatable bonds is 3. The van der Waals surface area contributed by atoms with Crippen LogP contribution in [0.3, 0.4) is 0 Å². The molecule has 0 aromatic carbocycles. The van der Waals surface area contributed by atoms with Crippen LogP contribution >= 0.6 is 0 Å². The first kappa shape index (κ1) is 11.6. The van der Waals surface area contributed by atoms with Crippen molar-refractivity contribution in [3.63, 3.8) is 0 Å². The van der Waals surface area contributed by atoms with Crippen molar-refractivity contribution in [2.45, 2.75) is 6.42 Å². The van der Waals surface area contributed by atoms with Gasteiger partial charge < -0.3 is 9.64 Å². The van der Waals surface area contributed by atoms with Crippen LogP contribution in [0.1, 0.15) is 12.0 Å². The first-order chi connectivity index (χ1) is 8.35. The van der Waals surface area contributed by atoms with E-state index in [9.17, 15) is 0 Å². The first-order valence-electron chi connectivity index (χ1n) is 5.62. The van der Waals surface area contributed by atoms with Gasteiger partial charge in [-0.2, -0.15) is 5.26 Å². The number of anilines is 1. The van der Waals surface area contributed by atoms with E-state index in [-0.39, 0.29) is 0 Å². The molecule has 2 rings (SSSR count). The van der Waals surface area contributed by atoms with Crippen LogP contribution in [-0.2, 0) is 4.74 Å². The molecule has 88 valence electrons. The van der Waals surface area contributed by atoms with Crippen LogP contribution in [0.4, 0.5) is 5.82 Å². The maximum absolute atomic E-state index is 9.03. The molecule has 2 heterocycles. The van der Waals surface area contributed by atoms with E-state index in [2.05, 4.69) is 22.0 Å². The summed E-state index contributed by atoms with van der Waals surface area (Å²) in [6.07, 6.45) is 4.85. The summed E-state index contributed by atoms with van der Waals surface area (Å²) in [7, 11) is 1.71. The SMILES string of the molecule is COCC1=CCN(c2ncccc2C#N)CC1. The van der Waals surface area contributed by atoms with Crippen molar-refractivity contribution in [3.8, 4) is 6.07 Å². The minimum atomic E-state index is 0.635. The minimum Gasteiger partial charge on any atom is -0.380 e. The third-order valence-electron chi connectivity index (χ3n) is 2.84. The molecule has 0 amide bonds. The zero-order valence-electron chi connectivity index (χ0n) is 9.89. The van der Waals surface area contributed by atoms with E-state index < -0.39 is 0 Å². The number of pyridine rings is 1. The Balaban J connectivity index is 2.13. The molecule has 1 aromatic heterocycles. The fraction of sp³-hybridized carbons (Fsp3) is 0.385. The van der Waals surface area contributed by atoms with Gasteiger partial charge in [-0.05, 0) is 24.1 Å². The maximum atomic E-state index is 9.03. The molecular formula is C13H15N3O. The Labute approximate surface area is 101 Å². The monoisotopic (exact) mass is 229 g/mol. The summed E-state index contributed by atoms with van der Waals surface area (Å²) in [5.41, 5.74) is 1.95. The fourth-order valence-electron chi connectivity index (χ4n) is 1.96. The second kappa shape index (κ2) is 5.46. The van der Waals surface area contributed by atoms with Gasteiger partial charge in [-0.25, -0.2) is 4.98 Å². The average molecular weight is 229 g/mol. The highest BCUT2D eigenvalue weighted by atomic mass is 16.5. The third kappa shape index (κ3) is 2.63. The molecule has 0 saturated carbocycles. The highest BCUT2D eigenvalue weighted by molar-refractivity contribution is 5.54. The molecule has 0 bridgehead atoms. The molecular weight excluding hydrogens is 214 g/mol. The van der Waals surface area contributed by atoms with E-state index in [4.69, 9.17) is 10.00 Å². The lowest BCUT2D eigenvalue weighted by atomic mass is 10.1. The number of aromatic nitrogens is 1. The van der Waals surface area contributed by atoms with Crippen LogP contribution < -0.4 is 4.90 Å². The zero-order valence-corrected chi connectivity index (χ0v) is 9.89. The number of ether oxygens (including phenoxy) is 1. The van der Waals surface area contributed by atoms with Crippen LogP contribution in [0, 0.1) is 11.3 Å². The van der Waals surface area contributed by atoms with Crippen molar-refractivity contribution < 1.29 is 4.74 Å². The van der Waals surface area contributed by atoms with Crippen molar-refractivity contribution >= 4 is 5.82 Å². The Bertz CT molecular complexity index is 462. The van der Waals surface area contributed by atoms with Gasteiger partial charge in [0.25, 0.3) is 0 Å². The molecule has 1 aliphatic heterocycles. The lowest BCUT2D eigenvalue weighted by molar-refractivity contribution is 0.222. The van der Waals surface area contributed by atoms with E-state index >= 15 is 0 Å². The van der Waals surface area contributed by atoms with Crippen LogP contribution in [-0.4, -0.2) is 31.8 Å². The van der Waals surface area contributed by atoms with Gasteiger partial charge in [-0.1, -0.05) is 6.08 Å². The molecule has 0 fully saturated rings. The Morgan fingerprint density at radius 2 is 2.47 bits per heavy atom. The van der Waals surface area contributed by atoms with Crippen molar-refractivity contribution in [1.82, 2.24) is 4.98 Å². The van der Waals surface area contributed by atoms with Gasteiger partial charge in [0.2, 0.25) is 0 Å². The van der Waals surface area contributed by atoms with Gasteiger partial charge in [0.1, 0.15) is 11.9 Å². The van der Waals surface area contributed by atoms with E-state index in [1.807, 2.05) is 0 Å². The molecule has 0 N–H and O–H groups in total. The highest BCUT2D eigenvalue weighted by Crippen LogP contribution is 2.20. The van der Waals surface area contributed by atoms with Gasteiger partial charge in [0.15, 0.2) is 0 Å². The Morgan fingerprint density at radius 1 is 1.59 bits per heavy atom. The molecule has 0 unspecified atom stereocenters. The molecule has 0 spiro atoms. The van der Waals surface area contributed by atoms with Gasteiger partial charge >= 0.3 is 0 Å². The molecule has 1 aliphatic rings. The summed E-state index contributed by atoms with van der Waals surface area (Å²) in [6.45, 7) is 2.38. The summed E-state index contributed by atoms with van der Waals surface area (Å²) < 4.78 is 5.11. The molecule has 0 saturated heterocycles. The number of nitriles is 1. The number of nitrogens with zero attached hydrogens (tertiary/aromatic N) is 3. The third-order valence-corrected chi connectivity index (χ3v) is 2.84. The molecule has 17 heavy (non-hydrogen) atoms. The summed E-state index contributed by atoms with van der Waals surface area (Å²) in [5.74, 6) is 0.780. The Morgan fingerprint density at radius 3 is 3.12 bits per heavy atom. The lowest BCUT2D eigenvalue weighted by Gasteiger charge is -2.27. The van der Waals surface area contributed by atoms with E-state index in [1.54, 1.807) is 25.4 Å².